The molecular formula is C17H34N3O3+. The Labute approximate surface area is 140 Å². The summed E-state index contributed by atoms with van der Waals surface area (Å²) in [5.74, 6) is -0.172. The van der Waals surface area contributed by atoms with E-state index in [0.29, 0.717) is 32.2 Å². The normalized spacial score (nSPS) is 11.0. The number of nitrogens with zero attached hydrogens (tertiary/aromatic N) is 1. The highest BCUT2D eigenvalue weighted by Gasteiger charge is 2.36. The summed E-state index contributed by atoms with van der Waals surface area (Å²) in [7, 11) is 0. The van der Waals surface area contributed by atoms with E-state index in [1.54, 1.807) is 0 Å². The van der Waals surface area contributed by atoms with Crippen molar-refractivity contribution in [1.29, 1.82) is 0 Å². The Balaban J connectivity index is 4.03. The summed E-state index contributed by atoms with van der Waals surface area (Å²) in [4.78, 5) is 33.9. The zero-order valence-electron chi connectivity index (χ0n) is 14.8. The highest BCUT2D eigenvalue weighted by atomic mass is 16.2. The molecule has 23 heavy (non-hydrogen) atoms. The van der Waals surface area contributed by atoms with Gasteiger partial charge in [0.25, 0.3) is 12.8 Å². The molecule has 0 fully saturated rings. The van der Waals surface area contributed by atoms with Crippen LogP contribution in [0, 0.1) is 0 Å². The van der Waals surface area contributed by atoms with Gasteiger partial charge in [-0.05, 0) is 12.8 Å². The summed E-state index contributed by atoms with van der Waals surface area (Å²) in [5.41, 5.74) is 4.89. The van der Waals surface area contributed by atoms with Crippen LogP contribution in [0.1, 0.15) is 84.5 Å². The summed E-state index contributed by atoms with van der Waals surface area (Å²) >= 11 is 0. The number of hydrogen-bond donors (Lipinski definition) is 2. The average Bonchev–Trinajstić information content (AvgIpc) is 2.53. The predicted octanol–water partition coefficient (Wildman–Crippen LogP) is 2.98. The van der Waals surface area contributed by atoms with Crippen LogP contribution in [0.4, 0.5) is 0 Å². The number of hydrogen-bond acceptors (Lipinski definition) is 3. The molecule has 6 heteroatoms. The quantitative estimate of drug-likeness (QED) is 0.198. The molecule has 0 aliphatic carbocycles. The van der Waals surface area contributed by atoms with Crippen molar-refractivity contribution >= 4 is 18.7 Å². The molecule has 0 aromatic rings. The fraction of sp³-hybridized carbons (Fsp3) is 0.824. The minimum absolute atomic E-state index is 0.172. The second-order valence-corrected chi connectivity index (χ2v) is 6.00. The fourth-order valence-electron chi connectivity index (χ4n) is 2.73. The van der Waals surface area contributed by atoms with E-state index in [2.05, 4.69) is 17.8 Å². The molecule has 0 unspecified atom stereocenters. The number of carbonyl (C=O) groups is 3. The molecule has 134 valence electrons. The summed E-state index contributed by atoms with van der Waals surface area (Å²) in [6.07, 6.45) is 12.6. The number of unbranched alkanes of at least 4 members (excludes halogenated alkanes) is 8. The molecule has 0 saturated carbocycles. The van der Waals surface area contributed by atoms with Crippen LogP contribution in [0.3, 0.4) is 0 Å². The summed E-state index contributed by atoms with van der Waals surface area (Å²) in [6.45, 7) is 4.47. The lowest BCUT2D eigenvalue weighted by molar-refractivity contribution is -0.921. The Morgan fingerprint density at radius 1 is 0.783 bits per heavy atom. The first-order valence-electron chi connectivity index (χ1n) is 9.01. The van der Waals surface area contributed by atoms with Crippen molar-refractivity contribution in [2.45, 2.75) is 84.5 Å². The van der Waals surface area contributed by atoms with Crippen LogP contribution in [0.25, 0.3) is 0 Å². The topological polar surface area (TPSA) is 75.3 Å². The van der Waals surface area contributed by atoms with Crippen molar-refractivity contribution in [2.24, 2.45) is 0 Å². The molecule has 3 amide bonds. The van der Waals surface area contributed by atoms with Crippen LogP contribution in [-0.4, -0.2) is 30.0 Å². The van der Waals surface area contributed by atoms with Gasteiger partial charge in [-0.15, -0.1) is 0 Å². The largest absolute Gasteiger partial charge is 0.362 e. The Hall–Kier alpha value is -1.43. The molecule has 0 radical (unpaired) electrons. The van der Waals surface area contributed by atoms with E-state index in [1.807, 2.05) is 6.92 Å². The third-order valence-corrected chi connectivity index (χ3v) is 4.03. The Kier molecular flexibility index (Phi) is 13.3. The van der Waals surface area contributed by atoms with Crippen LogP contribution >= 0.6 is 0 Å². The SMILES string of the molecule is CCCCCCCCCCCC(=O)[N+](CCC)(NC=O)NC=O. The van der Waals surface area contributed by atoms with E-state index in [9.17, 15) is 14.4 Å². The van der Waals surface area contributed by atoms with Gasteiger partial charge in [0.15, 0.2) is 0 Å². The molecule has 0 aromatic carbocycles. The van der Waals surface area contributed by atoms with Crippen molar-refractivity contribution in [2.75, 3.05) is 6.54 Å². The first-order chi connectivity index (χ1) is 11.2. The maximum Gasteiger partial charge on any atom is 0.362 e. The Morgan fingerprint density at radius 3 is 1.70 bits per heavy atom. The second kappa shape index (κ2) is 14.2. The molecule has 0 spiro atoms. The van der Waals surface area contributed by atoms with Gasteiger partial charge >= 0.3 is 5.91 Å². The van der Waals surface area contributed by atoms with Crippen LogP contribution < -0.4 is 10.9 Å². The first kappa shape index (κ1) is 21.6. The Bertz CT molecular complexity index is 325. The fourth-order valence-corrected chi connectivity index (χ4v) is 2.73. The Morgan fingerprint density at radius 2 is 1.26 bits per heavy atom. The predicted molar refractivity (Wildman–Crippen MR) is 90.7 cm³/mol. The number of quaternary nitrogens is 1. The van der Waals surface area contributed by atoms with Gasteiger partial charge in [-0.25, -0.2) is 4.79 Å². The molecule has 0 aromatic heterocycles. The van der Waals surface area contributed by atoms with E-state index in [1.165, 1.54) is 38.5 Å². The van der Waals surface area contributed by atoms with Crippen molar-refractivity contribution in [1.82, 2.24) is 10.9 Å². The maximum absolute atomic E-state index is 12.4. The summed E-state index contributed by atoms with van der Waals surface area (Å²) in [5, 5.41) is 0. The number of amides is 3. The van der Waals surface area contributed by atoms with E-state index in [0.717, 1.165) is 19.3 Å². The van der Waals surface area contributed by atoms with Gasteiger partial charge in [0.1, 0.15) is 6.54 Å². The lowest BCUT2D eigenvalue weighted by Gasteiger charge is -2.30. The highest BCUT2D eigenvalue weighted by molar-refractivity contribution is 5.70. The lowest BCUT2D eigenvalue weighted by Crippen LogP contribution is -2.69. The molecule has 0 aliphatic rings. The lowest BCUT2D eigenvalue weighted by atomic mass is 10.1. The molecule has 2 N–H and O–H groups in total. The van der Waals surface area contributed by atoms with Crippen molar-refractivity contribution in [3.63, 3.8) is 0 Å². The number of carbonyl (C=O) groups excluding carboxylic acids is 3. The monoisotopic (exact) mass is 328 g/mol. The van der Waals surface area contributed by atoms with Gasteiger partial charge in [-0.3, -0.25) is 9.59 Å². The van der Waals surface area contributed by atoms with Crippen LogP contribution in [0.5, 0.6) is 0 Å². The average molecular weight is 328 g/mol. The molecule has 0 saturated heterocycles. The summed E-state index contributed by atoms with van der Waals surface area (Å²) in [6, 6.07) is 0. The first-order valence-corrected chi connectivity index (χ1v) is 9.01. The molecular weight excluding hydrogens is 294 g/mol. The zero-order chi connectivity index (χ0) is 17.4. The van der Waals surface area contributed by atoms with Crippen molar-refractivity contribution in [3.8, 4) is 0 Å². The van der Waals surface area contributed by atoms with Gasteiger partial charge in [0.2, 0.25) is 0 Å². The third kappa shape index (κ3) is 9.33. The number of rotatable bonds is 16. The third-order valence-electron chi connectivity index (χ3n) is 4.03. The molecule has 0 heterocycles. The van der Waals surface area contributed by atoms with E-state index in [-0.39, 0.29) is 5.91 Å². The van der Waals surface area contributed by atoms with Crippen LogP contribution in [0.2, 0.25) is 0 Å². The van der Waals surface area contributed by atoms with Crippen molar-refractivity contribution in [3.05, 3.63) is 0 Å². The van der Waals surface area contributed by atoms with Gasteiger partial charge in [-0.2, -0.15) is 10.9 Å². The van der Waals surface area contributed by atoms with E-state index >= 15 is 0 Å². The van der Waals surface area contributed by atoms with Gasteiger partial charge in [0.05, 0.1) is 6.42 Å². The molecule has 0 bridgehead atoms. The minimum atomic E-state index is -0.486. The number of nitrogens with one attached hydrogen (secondary N) is 2. The van der Waals surface area contributed by atoms with E-state index in [4.69, 9.17) is 0 Å². The second-order valence-electron chi connectivity index (χ2n) is 6.00. The van der Waals surface area contributed by atoms with Gasteiger partial charge < -0.3 is 0 Å². The van der Waals surface area contributed by atoms with Gasteiger partial charge in [-0.1, -0.05) is 69.9 Å². The molecule has 0 rings (SSSR count). The van der Waals surface area contributed by atoms with Crippen molar-refractivity contribution < 1.29 is 19.1 Å². The standard InChI is InChI=1S/C17H33N3O3/c1-3-5-6-7-8-9-10-11-12-13-17(23)20(14-4-2,18-15-21)19-16-22/h15-16H,3-14H2,1-2H3,(H-,18,19,21,22)/p+1. The smallest absolute Gasteiger partial charge is 0.274 e. The zero-order valence-corrected chi connectivity index (χ0v) is 14.8. The summed E-state index contributed by atoms with van der Waals surface area (Å²) < 4.78 is -0.486. The highest BCUT2D eigenvalue weighted by Crippen LogP contribution is 2.12. The molecule has 0 atom stereocenters. The van der Waals surface area contributed by atoms with E-state index < -0.39 is 4.70 Å². The molecule has 6 nitrogen and oxygen atoms in total. The van der Waals surface area contributed by atoms with Gasteiger partial charge in [0, 0.05) is 0 Å². The molecule has 0 aliphatic heterocycles. The van der Waals surface area contributed by atoms with Crippen LogP contribution in [-0.2, 0) is 14.4 Å². The minimum Gasteiger partial charge on any atom is -0.274 e. The van der Waals surface area contributed by atoms with Crippen LogP contribution in [0.15, 0.2) is 0 Å². The maximum atomic E-state index is 12.4.